The quantitative estimate of drug-likeness (QED) is 0.444. The van der Waals surface area contributed by atoms with Crippen molar-refractivity contribution in [3.05, 3.63) is 34.9 Å². The summed E-state index contributed by atoms with van der Waals surface area (Å²) in [4.78, 5) is 48.2. The smallest absolute Gasteiger partial charge is 0.303 e. The van der Waals surface area contributed by atoms with Crippen molar-refractivity contribution in [2.24, 2.45) is 0 Å². The number of unbranched alkanes of at least 4 members (excludes halogenated alkanes) is 3. The number of carboxylic acids is 1. The van der Waals surface area contributed by atoms with Crippen molar-refractivity contribution in [3.8, 4) is 11.8 Å². The third-order valence-electron chi connectivity index (χ3n) is 5.00. The zero-order chi connectivity index (χ0) is 20.1. The summed E-state index contributed by atoms with van der Waals surface area (Å²) in [6, 6.07) is 4.74. The molecule has 3 rings (SSSR count). The summed E-state index contributed by atoms with van der Waals surface area (Å²) in [5, 5.41) is 10.9. The molecule has 146 valence electrons. The molecule has 2 heterocycles. The number of hydrogen-bond acceptors (Lipinski definition) is 4. The van der Waals surface area contributed by atoms with Gasteiger partial charge in [-0.25, -0.2) is 0 Å². The molecule has 1 unspecified atom stereocenters. The van der Waals surface area contributed by atoms with Crippen LogP contribution in [0.2, 0.25) is 0 Å². The Balaban J connectivity index is 1.64. The summed E-state index contributed by atoms with van der Waals surface area (Å²) in [5.41, 5.74) is 2.14. The lowest BCUT2D eigenvalue weighted by Crippen LogP contribution is -2.52. The van der Waals surface area contributed by atoms with Gasteiger partial charge in [-0.1, -0.05) is 24.3 Å². The van der Waals surface area contributed by atoms with Gasteiger partial charge in [0.1, 0.15) is 6.04 Å². The Morgan fingerprint density at radius 3 is 2.79 bits per heavy atom. The average Bonchev–Trinajstić information content (AvgIpc) is 2.98. The van der Waals surface area contributed by atoms with Gasteiger partial charge >= 0.3 is 5.97 Å². The molecule has 0 saturated carbocycles. The summed E-state index contributed by atoms with van der Waals surface area (Å²) in [6.45, 7) is 0.309. The Hall–Kier alpha value is -3.14. The minimum absolute atomic E-state index is 0.178. The molecule has 3 amide bonds. The second-order valence-corrected chi connectivity index (χ2v) is 6.99. The molecule has 7 nitrogen and oxygen atoms in total. The van der Waals surface area contributed by atoms with Gasteiger partial charge in [0.25, 0.3) is 5.91 Å². The highest BCUT2D eigenvalue weighted by Crippen LogP contribution is 2.29. The van der Waals surface area contributed by atoms with E-state index in [1.807, 2.05) is 6.07 Å². The summed E-state index contributed by atoms with van der Waals surface area (Å²) >= 11 is 0. The molecule has 0 aromatic heterocycles. The molecule has 0 aliphatic carbocycles. The molecule has 7 heteroatoms. The molecule has 1 aromatic rings. The van der Waals surface area contributed by atoms with Crippen LogP contribution in [0.15, 0.2) is 18.2 Å². The summed E-state index contributed by atoms with van der Waals surface area (Å²) < 4.78 is 0. The molecule has 28 heavy (non-hydrogen) atoms. The van der Waals surface area contributed by atoms with E-state index in [9.17, 15) is 19.2 Å². The average molecular weight is 382 g/mol. The number of carboxylic acid groups (broad SMARTS) is 1. The van der Waals surface area contributed by atoms with Crippen LogP contribution in [0.5, 0.6) is 0 Å². The van der Waals surface area contributed by atoms with Gasteiger partial charge in [-0.3, -0.25) is 24.5 Å². The second kappa shape index (κ2) is 8.70. The Kier molecular flexibility index (Phi) is 6.09. The van der Waals surface area contributed by atoms with Crippen molar-refractivity contribution in [2.45, 2.75) is 57.5 Å². The van der Waals surface area contributed by atoms with Crippen LogP contribution in [-0.4, -0.2) is 39.7 Å². The summed E-state index contributed by atoms with van der Waals surface area (Å²) in [5.74, 6) is 4.48. The zero-order valence-electron chi connectivity index (χ0n) is 15.5. The lowest BCUT2D eigenvalue weighted by atomic mass is 10.0. The Bertz CT molecular complexity index is 881. The maximum Gasteiger partial charge on any atom is 0.303 e. The van der Waals surface area contributed by atoms with E-state index in [4.69, 9.17) is 5.11 Å². The number of carbonyl (C=O) groups is 4. The van der Waals surface area contributed by atoms with Gasteiger partial charge < -0.3 is 10.0 Å². The number of nitrogens with zero attached hydrogens (tertiary/aromatic N) is 1. The number of carbonyl (C=O) groups excluding carboxylic acids is 3. The molecule has 1 fully saturated rings. The number of benzene rings is 1. The van der Waals surface area contributed by atoms with Gasteiger partial charge in [0.05, 0.1) is 0 Å². The van der Waals surface area contributed by atoms with Gasteiger partial charge in [0, 0.05) is 36.9 Å². The zero-order valence-corrected chi connectivity index (χ0v) is 15.5. The first-order valence-corrected chi connectivity index (χ1v) is 9.44. The van der Waals surface area contributed by atoms with Crippen molar-refractivity contribution in [3.63, 3.8) is 0 Å². The number of amides is 3. The predicted octanol–water partition coefficient (Wildman–Crippen LogP) is 1.83. The van der Waals surface area contributed by atoms with Crippen LogP contribution in [0.25, 0.3) is 0 Å². The maximum atomic E-state index is 12.7. The Morgan fingerprint density at radius 2 is 2.04 bits per heavy atom. The topological polar surface area (TPSA) is 104 Å². The molecule has 0 radical (unpaired) electrons. The summed E-state index contributed by atoms with van der Waals surface area (Å²) in [6.07, 6.45) is 3.69. The third kappa shape index (κ3) is 4.39. The lowest BCUT2D eigenvalue weighted by molar-refractivity contribution is -0.138. The monoisotopic (exact) mass is 382 g/mol. The molecule has 0 bridgehead atoms. The fraction of sp³-hybridized carbons (Fsp3) is 0.429. The Morgan fingerprint density at radius 1 is 1.21 bits per heavy atom. The van der Waals surface area contributed by atoms with Crippen molar-refractivity contribution in [1.29, 1.82) is 0 Å². The van der Waals surface area contributed by atoms with Gasteiger partial charge in [-0.05, 0) is 37.0 Å². The number of nitrogens with one attached hydrogen (secondary N) is 1. The molecule has 1 atom stereocenters. The number of aliphatic carboxylic acids is 1. The van der Waals surface area contributed by atoms with E-state index in [1.54, 1.807) is 12.1 Å². The molecule has 2 N–H and O–H groups in total. The highest BCUT2D eigenvalue weighted by atomic mass is 16.4. The van der Waals surface area contributed by atoms with Crippen LogP contribution in [-0.2, 0) is 20.9 Å². The maximum absolute atomic E-state index is 12.7. The molecule has 1 saturated heterocycles. The van der Waals surface area contributed by atoms with Crippen LogP contribution >= 0.6 is 0 Å². The van der Waals surface area contributed by atoms with Crippen molar-refractivity contribution in [1.82, 2.24) is 10.2 Å². The fourth-order valence-corrected chi connectivity index (χ4v) is 3.53. The van der Waals surface area contributed by atoms with E-state index in [1.165, 1.54) is 4.90 Å². The number of piperidine rings is 1. The van der Waals surface area contributed by atoms with Crippen LogP contribution in [0.1, 0.15) is 66.4 Å². The van der Waals surface area contributed by atoms with Gasteiger partial charge in [-0.15, -0.1) is 0 Å². The number of fused-ring (bicyclic) bond motifs is 1. The van der Waals surface area contributed by atoms with Crippen LogP contribution in [0.4, 0.5) is 0 Å². The molecule has 0 spiro atoms. The first kappa shape index (κ1) is 19.6. The normalized spacial score (nSPS) is 18.4. The molecular formula is C21H22N2O5. The van der Waals surface area contributed by atoms with Crippen molar-refractivity contribution in [2.75, 3.05) is 0 Å². The number of hydrogen-bond donors (Lipinski definition) is 2. The number of rotatable bonds is 6. The van der Waals surface area contributed by atoms with E-state index in [0.717, 1.165) is 24.0 Å². The van der Waals surface area contributed by atoms with Gasteiger partial charge in [-0.2, -0.15) is 0 Å². The van der Waals surface area contributed by atoms with Crippen LogP contribution < -0.4 is 5.32 Å². The van der Waals surface area contributed by atoms with Gasteiger partial charge in [0.2, 0.25) is 11.8 Å². The third-order valence-corrected chi connectivity index (χ3v) is 5.00. The van der Waals surface area contributed by atoms with E-state index >= 15 is 0 Å². The first-order valence-electron chi connectivity index (χ1n) is 9.44. The first-order chi connectivity index (χ1) is 13.5. The SMILES string of the molecule is O=C(O)CCCCCC#Cc1cccc2c1CN(C1CCC(=O)NC1=O)C2=O. The molecule has 2 aliphatic heterocycles. The highest BCUT2D eigenvalue weighted by Gasteiger charge is 2.39. The van der Waals surface area contributed by atoms with E-state index in [0.29, 0.717) is 31.4 Å². The lowest BCUT2D eigenvalue weighted by Gasteiger charge is -2.29. The number of imide groups is 1. The largest absolute Gasteiger partial charge is 0.481 e. The molecular weight excluding hydrogens is 360 g/mol. The Labute approximate surface area is 163 Å². The van der Waals surface area contributed by atoms with Crippen molar-refractivity contribution < 1.29 is 24.3 Å². The van der Waals surface area contributed by atoms with Crippen LogP contribution in [0, 0.1) is 11.8 Å². The van der Waals surface area contributed by atoms with Crippen molar-refractivity contribution >= 4 is 23.7 Å². The predicted molar refractivity (Wildman–Crippen MR) is 100 cm³/mol. The van der Waals surface area contributed by atoms with E-state index < -0.39 is 17.9 Å². The van der Waals surface area contributed by atoms with Crippen LogP contribution in [0.3, 0.4) is 0 Å². The fourth-order valence-electron chi connectivity index (χ4n) is 3.53. The van der Waals surface area contributed by atoms with Gasteiger partial charge in [0.15, 0.2) is 0 Å². The molecule has 1 aromatic carbocycles. The standard InChI is InChI=1S/C21H22N2O5/c24-18-12-11-17(20(27)22-18)23-13-16-14(8-6-9-15(16)21(23)28)7-4-2-1-3-5-10-19(25)26/h6,8-9,17H,1-3,5,10-13H2,(H,25,26)(H,22,24,27). The minimum atomic E-state index is -0.781. The minimum Gasteiger partial charge on any atom is -0.481 e. The molecule has 2 aliphatic rings. The summed E-state index contributed by atoms with van der Waals surface area (Å²) in [7, 11) is 0. The highest BCUT2D eigenvalue weighted by molar-refractivity contribution is 6.05. The van der Waals surface area contributed by atoms with E-state index in [2.05, 4.69) is 17.2 Å². The second-order valence-electron chi connectivity index (χ2n) is 6.99. The van der Waals surface area contributed by atoms with E-state index in [-0.39, 0.29) is 24.7 Å².